The van der Waals surface area contributed by atoms with Gasteiger partial charge in [0.05, 0.1) is 24.0 Å². The zero-order valence-electron chi connectivity index (χ0n) is 15.2. The summed E-state index contributed by atoms with van der Waals surface area (Å²) in [5.41, 5.74) is 1.31. The third-order valence-corrected chi connectivity index (χ3v) is 5.49. The van der Waals surface area contributed by atoms with Crippen molar-refractivity contribution < 1.29 is 13.9 Å². The normalized spacial score (nSPS) is 10.6. The molecule has 0 saturated carbocycles. The SMILES string of the molecule is CCOc1ccc(N(CCC#N)C(=O)c2sc3cccc(F)c3c2C)cc1. The molecule has 2 aromatic carbocycles. The summed E-state index contributed by atoms with van der Waals surface area (Å²) in [5, 5.41) is 9.46. The number of nitrogens with zero attached hydrogens (tertiary/aromatic N) is 2. The summed E-state index contributed by atoms with van der Waals surface area (Å²) < 4.78 is 20.4. The summed E-state index contributed by atoms with van der Waals surface area (Å²) in [4.78, 5) is 15.3. The Balaban J connectivity index is 2.00. The van der Waals surface area contributed by atoms with Gasteiger partial charge in [-0.25, -0.2) is 4.39 Å². The first kappa shape index (κ1) is 18.9. The van der Waals surface area contributed by atoms with Gasteiger partial charge in [0.15, 0.2) is 0 Å². The lowest BCUT2D eigenvalue weighted by molar-refractivity contribution is 0.0991. The molecule has 0 unspecified atom stereocenters. The van der Waals surface area contributed by atoms with E-state index in [2.05, 4.69) is 6.07 Å². The number of anilines is 1. The summed E-state index contributed by atoms with van der Waals surface area (Å²) in [6.45, 7) is 4.48. The first-order chi connectivity index (χ1) is 13.1. The largest absolute Gasteiger partial charge is 0.494 e. The molecule has 0 bridgehead atoms. The van der Waals surface area contributed by atoms with Crippen LogP contribution < -0.4 is 9.64 Å². The number of thiophene rings is 1. The van der Waals surface area contributed by atoms with Gasteiger partial charge in [-0.3, -0.25) is 4.79 Å². The monoisotopic (exact) mass is 382 g/mol. The molecular formula is C21H19FN2O2S. The first-order valence-electron chi connectivity index (χ1n) is 8.66. The van der Waals surface area contributed by atoms with Crippen molar-refractivity contribution in [1.29, 1.82) is 5.26 Å². The molecule has 0 spiro atoms. The highest BCUT2D eigenvalue weighted by atomic mass is 32.1. The van der Waals surface area contributed by atoms with E-state index in [9.17, 15) is 9.18 Å². The number of amides is 1. The zero-order valence-corrected chi connectivity index (χ0v) is 16.0. The van der Waals surface area contributed by atoms with Crippen LogP contribution in [0.5, 0.6) is 5.75 Å². The van der Waals surface area contributed by atoms with E-state index in [4.69, 9.17) is 10.00 Å². The number of aryl methyl sites for hydroxylation is 1. The Bertz CT molecular complexity index is 1010. The van der Waals surface area contributed by atoms with Crippen molar-refractivity contribution in [2.45, 2.75) is 20.3 Å². The second-order valence-corrected chi connectivity index (χ2v) is 7.01. The number of benzene rings is 2. The van der Waals surface area contributed by atoms with Gasteiger partial charge in [0.2, 0.25) is 0 Å². The fourth-order valence-electron chi connectivity index (χ4n) is 2.98. The van der Waals surface area contributed by atoms with Gasteiger partial charge in [0, 0.05) is 22.3 Å². The van der Waals surface area contributed by atoms with E-state index in [1.165, 1.54) is 17.4 Å². The summed E-state index contributed by atoms with van der Waals surface area (Å²) in [6.07, 6.45) is 0.206. The van der Waals surface area contributed by atoms with Gasteiger partial charge in [-0.1, -0.05) is 6.07 Å². The maximum absolute atomic E-state index is 14.2. The van der Waals surface area contributed by atoms with Crippen molar-refractivity contribution in [3.05, 3.63) is 58.7 Å². The predicted molar refractivity (Wildman–Crippen MR) is 106 cm³/mol. The summed E-state index contributed by atoms with van der Waals surface area (Å²) in [5.74, 6) is 0.159. The van der Waals surface area contributed by atoms with E-state index in [1.807, 2.05) is 13.0 Å². The molecule has 138 valence electrons. The van der Waals surface area contributed by atoms with Gasteiger partial charge in [0.1, 0.15) is 11.6 Å². The Morgan fingerprint density at radius 2 is 2.00 bits per heavy atom. The topological polar surface area (TPSA) is 53.3 Å². The van der Waals surface area contributed by atoms with Crippen LogP contribution in [-0.4, -0.2) is 19.1 Å². The summed E-state index contributed by atoms with van der Waals surface area (Å²) in [6, 6.07) is 14.1. The molecule has 0 saturated heterocycles. The smallest absolute Gasteiger partial charge is 0.268 e. The maximum atomic E-state index is 14.2. The van der Waals surface area contributed by atoms with Crippen LogP contribution in [0.2, 0.25) is 0 Å². The van der Waals surface area contributed by atoms with Crippen molar-refractivity contribution >= 4 is 33.0 Å². The summed E-state index contributed by atoms with van der Waals surface area (Å²) >= 11 is 1.28. The lowest BCUT2D eigenvalue weighted by atomic mass is 10.1. The van der Waals surface area contributed by atoms with Crippen LogP contribution in [0.4, 0.5) is 10.1 Å². The highest BCUT2D eigenvalue weighted by Crippen LogP contribution is 2.34. The number of hydrogen-bond acceptors (Lipinski definition) is 4. The molecule has 0 aliphatic heterocycles. The molecule has 0 fully saturated rings. The quantitative estimate of drug-likeness (QED) is 0.581. The van der Waals surface area contributed by atoms with Crippen LogP contribution in [0, 0.1) is 24.1 Å². The molecule has 0 N–H and O–H groups in total. The Hall–Kier alpha value is -2.91. The van der Waals surface area contributed by atoms with E-state index in [0.717, 1.165) is 4.70 Å². The van der Waals surface area contributed by atoms with E-state index < -0.39 is 0 Å². The lowest BCUT2D eigenvalue weighted by Crippen LogP contribution is -2.31. The molecule has 0 atom stereocenters. The average Bonchev–Trinajstić information content (AvgIpc) is 3.01. The number of carbonyl (C=O) groups excluding carboxylic acids is 1. The third kappa shape index (κ3) is 3.79. The molecule has 27 heavy (non-hydrogen) atoms. The van der Waals surface area contributed by atoms with Crippen LogP contribution in [0.25, 0.3) is 10.1 Å². The minimum atomic E-state index is -0.329. The van der Waals surface area contributed by atoms with Gasteiger partial charge in [-0.2, -0.15) is 5.26 Å². The Kier molecular flexibility index (Phi) is 5.72. The Morgan fingerprint density at radius 1 is 1.26 bits per heavy atom. The molecule has 6 heteroatoms. The minimum absolute atomic E-state index is 0.206. The number of halogens is 1. The highest BCUT2D eigenvalue weighted by Gasteiger charge is 2.23. The molecule has 0 radical (unpaired) electrons. The van der Waals surface area contributed by atoms with E-state index in [-0.39, 0.29) is 24.7 Å². The van der Waals surface area contributed by atoms with Crippen LogP contribution in [0.1, 0.15) is 28.6 Å². The molecule has 0 aliphatic carbocycles. The van der Waals surface area contributed by atoms with Crippen molar-refractivity contribution in [1.82, 2.24) is 0 Å². The standard InChI is InChI=1S/C21H19FN2O2S/c1-3-26-16-10-8-15(9-11-16)24(13-5-12-23)21(25)20-14(2)19-17(22)6-4-7-18(19)27-20/h4,6-11H,3,5,13H2,1-2H3. The van der Waals surface area contributed by atoms with Crippen molar-refractivity contribution in [2.24, 2.45) is 0 Å². The van der Waals surface area contributed by atoms with Gasteiger partial charge < -0.3 is 9.64 Å². The average molecular weight is 382 g/mol. The number of hydrogen-bond donors (Lipinski definition) is 0. The number of nitriles is 1. The molecule has 1 aromatic heterocycles. The minimum Gasteiger partial charge on any atom is -0.494 e. The van der Waals surface area contributed by atoms with Gasteiger partial charge in [-0.15, -0.1) is 11.3 Å². The molecule has 3 rings (SSSR count). The fourth-order valence-corrected chi connectivity index (χ4v) is 4.15. The number of fused-ring (bicyclic) bond motifs is 1. The van der Waals surface area contributed by atoms with Crippen LogP contribution in [-0.2, 0) is 0 Å². The molecular weight excluding hydrogens is 363 g/mol. The second kappa shape index (κ2) is 8.19. The van der Waals surface area contributed by atoms with Crippen molar-refractivity contribution in [3.63, 3.8) is 0 Å². The molecule has 1 amide bonds. The Morgan fingerprint density at radius 3 is 2.63 bits per heavy atom. The predicted octanol–water partition coefficient (Wildman–Crippen LogP) is 5.31. The van der Waals surface area contributed by atoms with Gasteiger partial charge in [-0.05, 0) is 55.8 Å². The number of carbonyl (C=O) groups is 1. The van der Waals surface area contributed by atoms with Gasteiger partial charge >= 0.3 is 0 Å². The highest BCUT2D eigenvalue weighted by molar-refractivity contribution is 7.21. The zero-order chi connectivity index (χ0) is 19.4. The Labute approximate surface area is 161 Å². The second-order valence-electron chi connectivity index (χ2n) is 5.96. The van der Waals surface area contributed by atoms with E-state index >= 15 is 0 Å². The summed E-state index contributed by atoms with van der Waals surface area (Å²) in [7, 11) is 0. The molecule has 4 nitrogen and oxygen atoms in total. The van der Waals surface area contributed by atoms with Crippen LogP contribution >= 0.6 is 11.3 Å². The fraction of sp³-hybridized carbons (Fsp3) is 0.238. The lowest BCUT2D eigenvalue weighted by Gasteiger charge is -2.22. The van der Waals surface area contributed by atoms with Crippen LogP contribution in [0.15, 0.2) is 42.5 Å². The number of rotatable bonds is 6. The van der Waals surface area contributed by atoms with E-state index in [1.54, 1.807) is 42.2 Å². The van der Waals surface area contributed by atoms with Crippen molar-refractivity contribution in [2.75, 3.05) is 18.1 Å². The maximum Gasteiger partial charge on any atom is 0.268 e. The molecule has 0 aliphatic rings. The van der Waals surface area contributed by atoms with Crippen molar-refractivity contribution in [3.8, 4) is 11.8 Å². The van der Waals surface area contributed by atoms with Crippen LogP contribution in [0.3, 0.4) is 0 Å². The third-order valence-electron chi connectivity index (χ3n) is 4.25. The molecule has 3 aromatic rings. The van der Waals surface area contributed by atoms with E-state index in [0.29, 0.717) is 33.9 Å². The van der Waals surface area contributed by atoms with Gasteiger partial charge in [0.25, 0.3) is 5.91 Å². The molecule has 1 heterocycles. The number of ether oxygens (including phenoxy) is 1. The first-order valence-corrected chi connectivity index (χ1v) is 9.47.